The minimum absolute atomic E-state index is 0.0223. The largest absolute Gasteiger partial charge is 0.340 e. The summed E-state index contributed by atoms with van der Waals surface area (Å²) in [4.78, 5) is 14.1. The van der Waals surface area contributed by atoms with Crippen LogP contribution in [0.3, 0.4) is 0 Å². The Morgan fingerprint density at radius 3 is 1.62 bits per heavy atom. The van der Waals surface area contributed by atoms with Gasteiger partial charge in [0.2, 0.25) is 5.91 Å². The molecule has 0 rings (SSSR count). The van der Waals surface area contributed by atoms with Crippen LogP contribution in [0.1, 0.15) is 97.8 Å². The van der Waals surface area contributed by atoms with Crippen molar-refractivity contribution in [2.45, 2.75) is 97.8 Å². The van der Waals surface area contributed by atoms with Crippen LogP contribution in [0.15, 0.2) is 12.2 Å². The van der Waals surface area contributed by atoms with E-state index in [9.17, 15) is 4.79 Å². The van der Waals surface area contributed by atoms with E-state index in [1.807, 2.05) is 0 Å². The first-order chi connectivity index (χ1) is 11.6. The highest BCUT2D eigenvalue weighted by Crippen LogP contribution is 2.08. The lowest BCUT2D eigenvalue weighted by Gasteiger charge is -2.23. The SMILES string of the molecule is C=C(C)C(=O)NCN(CCCCCCCC)CCCCCCCC. The molecule has 0 saturated carbocycles. The van der Waals surface area contributed by atoms with Gasteiger partial charge in [0.05, 0.1) is 6.67 Å². The first-order valence-electron chi connectivity index (χ1n) is 10.3. The third kappa shape index (κ3) is 14.7. The highest BCUT2D eigenvalue weighted by atomic mass is 16.1. The van der Waals surface area contributed by atoms with Gasteiger partial charge >= 0.3 is 0 Å². The van der Waals surface area contributed by atoms with Crippen molar-refractivity contribution in [1.29, 1.82) is 0 Å². The molecule has 0 bridgehead atoms. The van der Waals surface area contributed by atoms with Crippen LogP contribution in [0.4, 0.5) is 0 Å². The van der Waals surface area contributed by atoms with Crippen molar-refractivity contribution in [3.63, 3.8) is 0 Å². The molecule has 0 spiro atoms. The molecule has 0 unspecified atom stereocenters. The van der Waals surface area contributed by atoms with Crippen LogP contribution in [0, 0.1) is 0 Å². The van der Waals surface area contributed by atoms with E-state index in [1.54, 1.807) is 6.92 Å². The first kappa shape index (κ1) is 23.2. The highest BCUT2D eigenvalue weighted by molar-refractivity contribution is 5.91. The fourth-order valence-corrected chi connectivity index (χ4v) is 2.84. The van der Waals surface area contributed by atoms with Crippen LogP contribution in [-0.2, 0) is 4.79 Å². The van der Waals surface area contributed by atoms with Gasteiger partial charge in [-0.1, -0.05) is 84.6 Å². The summed E-state index contributed by atoms with van der Waals surface area (Å²) in [7, 11) is 0. The quantitative estimate of drug-likeness (QED) is 0.211. The van der Waals surface area contributed by atoms with E-state index in [0.29, 0.717) is 12.2 Å². The normalized spacial score (nSPS) is 11.0. The number of carbonyl (C=O) groups is 1. The van der Waals surface area contributed by atoms with Crippen molar-refractivity contribution >= 4 is 5.91 Å². The van der Waals surface area contributed by atoms with E-state index in [-0.39, 0.29) is 5.91 Å². The van der Waals surface area contributed by atoms with E-state index in [0.717, 1.165) is 13.1 Å². The Bertz CT molecular complexity index is 299. The molecular weight excluding hydrogens is 296 g/mol. The average Bonchev–Trinajstić information content (AvgIpc) is 2.57. The predicted octanol–water partition coefficient (Wildman–Crippen LogP) is 5.66. The summed E-state index contributed by atoms with van der Waals surface area (Å²) in [6.45, 7) is 12.8. The number of amides is 1. The van der Waals surface area contributed by atoms with Gasteiger partial charge in [0.1, 0.15) is 0 Å². The number of nitrogens with one attached hydrogen (secondary N) is 1. The second-order valence-electron chi connectivity index (χ2n) is 7.10. The molecule has 1 amide bonds. The minimum Gasteiger partial charge on any atom is -0.340 e. The summed E-state index contributed by atoms with van der Waals surface area (Å²) < 4.78 is 0. The zero-order chi connectivity index (χ0) is 18.0. The van der Waals surface area contributed by atoms with E-state index < -0.39 is 0 Å². The molecule has 0 fully saturated rings. The Labute approximate surface area is 151 Å². The van der Waals surface area contributed by atoms with Crippen LogP contribution >= 0.6 is 0 Å². The van der Waals surface area contributed by atoms with Crippen molar-refractivity contribution in [3.05, 3.63) is 12.2 Å². The van der Waals surface area contributed by atoms with Crippen molar-refractivity contribution in [3.8, 4) is 0 Å². The molecule has 0 aliphatic heterocycles. The summed E-state index contributed by atoms with van der Waals surface area (Å²) in [5, 5.41) is 2.99. The Kier molecular flexibility index (Phi) is 16.4. The van der Waals surface area contributed by atoms with Gasteiger partial charge in [-0.3, -0.25) is 9.69 Å². The average molecular weight is 339 g/mol. The maximum absolute atomic E-state index is 11.7. The summed E-state index contributed by atoms with van der Waals surface area (Å²) in [6, 6.07) is 0. The van der Waals surface area contributed by atoms with Crippen LogP contribution in [0.5, 0.6) is 0 Å². The van der Waals surface area contributed by atoms with E-state index in [4.69, 9.17) is 0 Å². The minimum atomic E-state index is -0.0223. The highest BCUT2D eigenvalue weighted by Gasteiger charge is 2.07. The Hall–Kier alpha value is -0.830. The standard InChI is InChI=1S/C21H42N2O/c1-5-7-9-11-13-15-17-23(19-22-21(24)20(3)4)18-16-14-12-10-8-6-2/h3,5-19H2,1-2,4H3,(H,22,24). The van der Waals surface area contributed by atoms with Crippen molar-refractivity contribution in [2.24, 2.45) is 0 Å². The lowest BCUT2D eigenvalue weighted by Crippen LogP contribution is -2.39. The fourth-order valence-electron chi connectivity index (χ4n) is 2.84. The molecule has 24 heavy (non-hydrogen) atoms. The van der Waals surface area contributed by atoms with E-state index in [1.165, 1.54) is 77.0 Å². The van der Waals surface area contributed by atoms with Gasteiger partial charge in [-0.25, -0.2) is 0 Å². The molecule has 0 radical (unpaired) electrons. The van der Waals surface area contributed by atoms with Gasteiger partial charge in [-0.05, 0) is 32.9 Å². The lowest BCUT2D eigenvalue weighted by molar-refractivity contribution is -0.118. The predicted molar refractivity (Wildman–Crippen MR) is 106 cm³/mol. The summed E-state index contributed by atoms with van der Waals surface area (Å²) in [5.41, 5.74) is 0.592. The van der Waals surface area contributed by atoms with E-state index in [2.05, 4.69) is 30.6 Å². The van der Waals surface area contributed by atoms with E-state index >= 15 is 0 Å². The van der Waals surface area contributed by atoms with Crippen LogP contribution in [0.25, 0.3) is 0 Å². The zero-order valence-electron chi connectivity index (χ0n) is 16.7. The molecule has 0 aliphatic carbocycles. The third-order valence-corrected chi connectivity index (χ3v) is 4.51. The number of rotatable bonds is 17. The Morgan fingerprint density at radius 1 is 0.792 bits per heavy atom. The maximum atomic E-state index is 11.7. The Balaban J connectivity index is 3.95. The molecule has 0 heterocycles. The zero-order valence-corrected chi connectivity index (χ0v) is 16.7. The Morgan fingerprint density at radius 2 is 1.21 bits per heavy atom. The van der Waals surface area contributed by atoms with Gasteiger partial charge in [0, 0.05) is 5.57 Å². The number of hydrogen-bond donors (Lipinski definition) is 1. The van der Waals surface area contributed by atoms with Crippen LogP contribution < -0.4 is 5.32 Å². The summed E-state index contributed by atoms with van der Waals surface area (Å²) in [6.07, 6.45) is 15.8. The summed E-state index contributed by atoms with van der Waals surface area (Å²) >= 11 is 0. The molecule has 0 atom stereocenters. The molecule has 3 heteroatoms. The number of carbonyl (C=O) groups excluding carboxylic acids is 1. The topological polar surface area (TPSA) is 32.3 Å². The molecule has 0 aromatic heterocycles. The van der Waals surface area contributed by atoms with Crippen LogP contribution in [-0.4, -0.2) is 30.6 Å². The third-order valence-electron chi connectivity index (χ3n) is 4.51. The van der Waals surface area contributed by atoms with Crippen LogP contribution in [0.2, 0.25) is 0 Å². The lowest BCUT2D eigenvalue weighted by atomic mass is 10.1. The number of hydrogen-bond acceptors (Lipinski definition) is 2. The molecule has 0 saturated heterocycles. The van der Waals surface area contributed by atoms with Gasteiger partial charge in [0.25, 0.3) is 0 Å². The van der Waals surface area contributed by atoms with Gasteiger partial charge < -0.3 is 5.32 Å². The van der Waals surface area contributed by atoms with Gasteiger partial charge in [-0.2, -0.15) is 0 Å². The van der Waals surface area contributed by atoms with Crippen molar-refractivity contribution < 1.29 is 4.79 Å². The first-order valence-corrected chi connectivity index (χ1v) is 10.3. The molecule has 3 nitrogen and oxygen atoms in total. The van der Waals surface area contributed by atoms with Crippen molar-refractivity contribution in [1.82, 2.24) is 10.2 Å². The summed E-state index contributed by atoms with van der Waals surface area (Å²) in [5.74, 6) is -0.0223. The molecule has 142 valence electrons. The monoisotopic (exact) mass is 338 g/mol. The van der Waals surface area contributed by atoms with Gasteiger partial charge in [0.15, 0.2) is 0 Å². The fraction of sp³-hybridized carbons (Fsp3) is 0.857. The molecular formula is C21H42N2O. The number of unbranched alkanes of at least 4 members (excludes halogenated alkanes) is 10. The molecule has 0 aromatic carbocycles. The van der Waals surface area contributed by atoms with Gasteiger partial charge in [-0.15, -0.1) is 0 Å². The second-order valence-corrected chi connectivity index (χ2v) is 7.10. The molecule has 1 N–H and O–H groups in total. The second kappa shape index (κ2) is 17.0. The number of nitrogens with zero attached hydrogens (tertiary/aromatic N) is 1. The molecule has 0 aliphatic rings. The molecule has 0 aromatic rings. The smallest absolute Gasteiger partial charge is 0.247 e. The van der Waals surface area contributed by atoms with Crippen molar-refractivity contribution in [2.75, 3.05) is 19.8 Å². The maximum Gasteiger partial charge on any atom is 0.247 e.